The molecular weight excluding hydrogens is 472 g/mol. The number of carboxylic acids is 1. The third-order valence-corrected chi connectivity index (χ3v) is 10.6. The lowest BCUT2D eigenvalue weighted by Gasteiger charge is -2.65. The highest BCUT2D eigenvalue weighted by molar-refractivity contribution is 5.88. The number of hydrogen-bond donors (Lipinski definition) is 4. The van der Waals surface area contributed by atoms with E-state index < -0.39 is 41.3 Å². The maximum absolute atomic E-state index is 12.6. The minimum atomic E-state index is -1.09. The van der Waals surface area contributed by atoms with Gasteiger partial charge in [-0.3, -0.25) is 4.79 Å². The lowest BCUT2D eigenvalue weighted by Crippen LogP contribution is -2.67. The molecule has 0 radical (unpaired) electrons. The minimum Gasteiger partial charge on any atom is -0.478 e. The Morgan fingerprint density at radius 2 is 1.73 bits per heavy atom. The van der Waals surface area contributed by atoms with Gasteiger partial charge in [0, 0.05) is 24.3 Å². The molecule has 0 amide bonds. The molecule has 208 valence electrons. The minimum absolute atomic E-state index is 0.0369. The first kappa shape index (κ1) is 28.3. The third-order valence-electron chi connectivity index (χ3n) is 10.6. The van der Waals surface area contributed by atoms with Crippen molar-refractivity contribution in [3.05, 3.63) is 22.8 Å². The number of fused-ring (bicyclic) bond motifs is 5. The number of aliphatic hydroxyl groups is 3. The van der Waals surface area contributed by atoms with Crippen molar-refractivity contribution in [3.8, 4) is 0 Å². The first-order valence-corrected chi connectivity index (χ1v) is 14.1. The van der Waals surface area contributed by atoms with Crippen molar-refractivity contribution in [1.82, 2.24) is 0 Å². The second kappa shape index (κ2) is 10.1. The second-order valence-corrected chi connectivity index (χ2v) is 13.0. The monoisotopic (exact) mass is 518 g/mol. The van der Waals surface area contributed by atoms with Gasteiger partial charge in [0.25, 0.3) is 0 Å². The van der Waals surface area contributed by atoms with E-state index in [1.807, 2.05) is 33.8 Å². The van der Waals surface area contributed by atoms with Crippen molar-refractivity contribution in [2.45, 2.75) is 110 Å². The average molecular weight is 519 g/mol. The predicted octanol–water partition coefficient (Wildman–Crippen LogP) is 4.25. The Hall–Kier alpha value is -1.70. The Labute approximate surface area is 221 Å². The van der Waals surface area contributed by atoms with Crippen LogP contribution in [0.25, 0.3) is 0 Å². The first-order chi connectivity index (χ1) is 17.2. The maximum Gasteiger partial charge on any atom is 0.331 e. The summed E-state index contributed by atoms with van der Waals surface area (Å²) >= 11 is 0. The van der Waals surface area contributed by atoms with Crippen LogP contribution in [0.15, 0.2) is 22.8 Å². The molecule has 0 aromatic carbocycles. The SMILES string of the molecule is CC(=O)OC1/C(=C(\CCC=C(C)C)C(=O)O)C2CC(O)C3[C@](C)(CCC4[C@H](C)[C@H](O)CC[C@@]43O)C2C1C. The molecule has 37 heavy (non-hydrogen) atoms. The number of aliphatic hydroxyl groups excluding tert-OH is 2. The summed E-state index contributed by atoms with van der Waals surface area (Å²) in [5.41, 5.74) is 0.516. The number of rotatable bonds is 5. The van der Waals surface area contributed by atoms with Gasteiger partial charge in [-0.05, 0) is 93.5 Å². The zero-order valence-electron chi connectivity index (χ0n) is 23.2. The largest absolute Gasteiger partial charge is 0.478 e. The van der Waals surface area contributed by atoms with E-state index in [4.69, 9.17) is 4.74 Å². The van der Waals surface area contributed by atoms with E-state index in [9.17, 15) is 30.0 Å². The smallest absolute Gasteiger partial charge is 0.331 e. The van der Waals surface area contributed by atoms with Crippen LogP contribution in [0.3, 0.4) is 0 Å². The molecular formula is C30H46O7. The van der Waals surface area contributed by atoms with E-state index in [2.05, 4.69) is 6.92 Å². The number of aliphatic carboxylic acids is 1. The summed E-state index contributed by atoms with van der Waals surface area (Å²) in [6, 6.07) is 0. The van der Waals surface area contributed by atoms with Crippen molar-refractivity contribution >= 4 is 11.9 Å². The number of carbonyl (C=O) groups excluding carboxylic acids is 1. The van der Waals surface area contributed by atoms with E-state index in [0.29, 0.717) is 43.3 Å². The highest BCUT2D eigenvalue weighted by atomic mass is 16.5. The Morgan fingerprint density at radius 3 is 2.32 bits per heavy atom. The van der Waals surface area contributed by atoms with Crippen LogP contribution in [-0.2, 0) is 14.3 Å². The summed E-state index contributed by atoms with van der Waals surface area (Å²) in [5.74, 6) is -2.38. The van der Waals surface area contributed by atoms with Crippen molar-refractivity contribution in [1.29, 1.82) is 0 Å². The molecule has 7 unspecified atom stereocenters. The van der Waals surface area contributed by atoms with Crippen LogP contribution in [0.1, 0.15) is 86.5 Å². The van der Waals surface area contributed by atoms with Crippen molar-refractivity contribution in [2.75, 3.05) is 0 Å². The quantitative estimate of drug-likeness (QED) is 0.244. The van der Waals surface area contributed by atoms with E-state index in [1.165, 1.54) is 6.92 Å². The number of hydrogen-bond acceptors (Lipinski definition) is 6. The second-order valence-electron chi connectivity index (χ2n) is 13.0. The van der Waals surface area contributed by atoms with Gasteiger partial charge >= 0.3 is 11.9 Å². The molecule has 0 aromatic rings. The van der Waals surface area contributed by atoms with Crippen LogP contribution in [0.5, 0.6) is 0 Å². The third kappa shape index (κ3) is 4.59. The molecule has 0 spiro atoms. The van der Waals surface area contributed by atoms with E-state index in [0.717, 1.165) is 18.4 Å². The van der Waals surface area contributed by atoms with Gasteiger partial charge < -0.3 is 25.2 Å². The molecule has 4 aliphatic carbocycles. The Bertz CT molecular complexity index is 980. The molecule has 0 aliphatic heterocycles. The van der Waals surface area contributed by atoms with Gasteiger partial charge in [0.1, 0.15) is 6.10 Å². The molecule has 0 bridgehead atoms. The van der Waals surface area contributed by atoms with Crippen molar-refractivity contribution in [3.63, 3.8) is 0 Å². The van der Waals surface area contributed by atoms with Crippen LogP contribution in [0, 0.1) is 40.9 Å². The number of ether oxygens (including phenoxy) is 1. The highest BCUT2D eigenvalue weighted by Gasteiger charge is 2.69. The van der Waals surface area contributed by atoms with Crippen LogP contribution in [-0.4, -0.2) is 56.3 Å². The molecule has 11 atom stereocenters. The summed E-state index contributed by atoms with van der Waals surface area (Å²) in [5, 5.41) is 44.7. The lowest BCUT2D eigenvalue weighted by atomic mass is 9.42. The number of allylic oxidation sites excluding steroid dienone is 2. The summed E-state index contributed by atoms with van der Waals surface area (Å²) in [7, 11) is 0. The predicted molar refractivity (Wildman–Crippen MR) is 139 cm³/mol. The van der Waals surface area contributed by atoms with Crippen LogP contribution >= 0.6 is 0 Å². The molecule has 0 heterocycles. The van der Waals surface area contributed by atoms with Gasteiger partial charge in [0.2, 0.25) is 0 Å². The maximum atomic E-state index is 12.6. The first-order valence-electron chi connectivity index (χ1n) is 14.1. The molecule has 4 aliphatic rings. The molecule has 4 saturated carbocycles. The Morgan fingerprint density at radius 1 is 1.05 bits per heavy atom. The fraction of sp³-hybridized carbons (Fsp3) is 0.800. The van der Waals surface area contributed by atoms with Gasteiger partial charge in [0.15, 0.2) is 0 Å². The van der Waals surface area contributed by atoms with Crippen molar-refractivity contribution < 1.29 is 34.8 Å². The lowest BCUT2D eigenvalue weighted by molar-refractivity contribution is -0.254. The molecule has 4 fully saturated rings. The summed E-state index contributed by atoms with van der Waals surface area (Å²) in [4.78, 5) is 24.8. The molecule has 7 heteroatoms. The summed E-state index contributed by atoms with van der Waals surface area (Å²) < 4.78 is 5.86. The zero-order valence-corrected chi connectivity index (χ0v) is 23.2. The topological polar surface area (TPSA) is 124 Å². The van der Waals surface area contributed by atoms with E-state index in [1.54, 1.807) is 0 Å². The molecule has 4 N–H and O–H groups in total. The average Bonchev–Trinajstić information content (AvgIpc) is 3.04. The van der Waals surface area contributed by atoms with Gasteiger partial charge in [-0.2, -0.15) is 0 Å². The summed E-state index contributed by atoms with van der Waals surface area (Å²) in [6.45, 7) is 11.5. The van der Waals surface area contributed by atoms with Crippen molar-refractivity contribution in [2.24, 2.45) is 40.9 Å². The Kier molecular flexibility index (Phi) is 7.75. The van der Waals surface area contributed by atoms with Crippen LogP contribution in [0.2, 0.25) is 0 Å². The van der Waals surface area contributed by atoms with Crippen LogP contribution in [0.4, 0.5) is 0 Å². The molecule has 0 saturated heterocycles. The molecule has 7 nitrogen and oxygen atoms in total. The highest BCUT2D eigenvalue weighted by Crippen LogP contribution is 2.68. The normalized spacial score (nSPS) is 46.2. The molecule has 4 rings (SSSR count). The standard InChI is InChI=1S/C30H46O7/c1-15(2)8-7-9-19(28(34)35)24-20-14-23(33)27-29(6,25(20)17(4)26(24)37-18(5)31)12-10-21-16(3)22(32)11-13-30(21,27)36/h8,16-17,20-23,25-27,32-33,36H,7,9-14H2,1-6H3,(H,34,35)/b24-19+/t16-,17?,20?,21?,22+,23?,25?,26?,27?,29+,30+/m0/s1. The summed E-state index contributed by atoms with van der Waals surface area (Å²) in [6.07, 6.45) is 3.82. The Balaban J connectivity index is 1.81. The van der Waals surface area contributed by atoms with Gasteiger partial charge in [-0.15, -0.1) is 0 Å². The molecule has 0 aromatic heterocycles. The number of carbonyl (C=O) groups is 2. The van der Waals surface area contributed by atoms with E-state index in [-0.39, 0.29) is 35.5 Å². The van der Waals surface area contributed by atoms with E-state index >= 15 is 0 Å². The van der Waals surface area contributed by atoms with Crippen LogP contribution < -0.4 is 0 Å². The fourth-order valence-corrected chi connectivity index (χ4v) is 9.39. The number of carboxylic acid groups (broad SMARTS) is 1. The fourth-order valence-electron chi connectivity index (χ4n) is 9.39. The number of esters is 1. The van der Waals surface area contributed by atoms with Gasteiger partial charge in [-0.1, -0.05) is 32.4 Å². The zero-order chi connectivity index (χ0) is 27.4. The van der Waals surface area contributed by atoms with Gasteiger partial charge in [-0.25, -0.2) is 4.79 Å². The van der Waals surface area contributed by atoms with Gasteiger partial charge in [0.05, 0.1) is 17.8 Å².